The maximum absolute atomic E-state index is 12.8. The molecule has 0 aliphatic carbocycles. The highest BCUT2D eigenvalue weighted by molar-refractivity contribution is 7.20. The lowest BCUT2D eigenvalue weighted by molar-refractivity contribution is -0.125. The summed E-state index contributed by atoms with van der Waals surface area (Å²) in [6.07, 6.45) is 3.86. The molecule has 3 aromatic rings. The third-order valence-electron chi connectivity index (χ3n) is 6.31. The minimum atomic E-state index is -0.00507. The molecule has 176 valence electrons. The van der Waals surface area contributed by atoms with Gasteiger partial charge in [-0.1, -0.05) is 11.3 Å². The molecule has 33 heavy (non-hydrogen) atoms. The van der Waals surface area contributed by atoms with Gasteiger partial charge in [0.05, 0.1) is 38.1 Å². The van der Waals surface area contributed by atoms with E-state index in [-0.39, 0.29) is 11.8 Å². The van der Waals surface area contributed by atoms with Crippen molar-refractivity contribution in [1.82, 2.24) is 24.8 Å². The van der Waals surface area contributed by atoms with Crippen LogP contribution in [-0.4, -0.2) is 85.0 Å². The molecule has 2 aliphatic heterocycles. The number of aromatic nitrogens is 3. The minimum absolute atomic E-state index is 0.00507. The quantitative estimate of drug-likeness (QED) is 0.566. The summed E-state index contributed by atoms with van der Waals surface area (Å²) in [6, 6.07) is 7.86. The molecule has 1 amide bonds. The molecule has 2 aliphatic rings. The standard InChI is InChI=1S/C23H30N6O3S/c1-31-19-6-4-17(5-7-19)20-16-29-22(25-20)33-23(26-29)28-9-2-3-18(15-28)21(30)24-8-10-27-11-13-32-14-12-27/h4-7,16,18H,2-3,8-15H2,1H3,(H,24,30)/t18-/m1/s1. The topological polar surface area (TPSA) is 84.2 Å². The minimum Gasteiger partial charge on any atom is -0.497 e. The Morgan fingerprint density at radius 1 is 1.24 bits per heavy atom. The van der Waals surface area contributed by atoms with Gasteiger partial charge in [0.1, 0.15) is 5.75 Å². The van der Waals surface area contributed by atoms with Gasteiger partial charge in [-0.2, -0.15) is 0 Å². The summed E-state index contributed by atoms with van der Waals surface area (Å²) in [5.41, 5.74) is 1.92. The smallest absolute Gasteiger partial charge is 0.224 e. The van der Waals surface area contributed by atoms with E-state index in [1.165, 1.54) is 0 Å². The van der Waals surface area contributed by atoms with Crippen molar-refractivity contribution in [2.75, 3.05) is 64.5 Å². The highest BCUT2D eigenvalue weighted by atomic mass is 32.1. The molecule has 2 aromatic heterocycles. The van der Waals surface area contributed by atoms with Gasteiger partial charge in [0, 0.05) is 44.8 Å². The number of ether oxygens (including phenoxy) is 2. The molecule has 5 rings (SSSR count). The second-order valence-electron chi connectivity index (χ2n) is 8.50. The first-order chi connectivity index (χ1) is 16.2. The molecule has 0 unspecified atom stereocenters. The summed E-state index contributed by atoms with van der Waals surface area (Å²) >= 11 is 1.57. The van der Waals surface area contributed by atoms with Crippen molar-refractivity contribution in [1.29, 1.82) is 0 Å². The zero-order valence-electron chi connectivity index (χ0n) is 18.9. The first kappa shape index (κ1) is 22.1. The Balaban J connectivity index is 1.18. The molecule has 0 spiro atoms. The van der Waals surface area contributed by atoms with E-state index in [0.717, 1.165) is 79.3 Å². The summed E-state index contributed by atoms with van der Waals surface area (Å²) in [4.78, 5) is 22.9. The van der Waals surface area contributed by atoms with Crippen LogP contribution < -0.4 is 15.0 Å². The fourth-order valence-electron chi connectivity index (χ4n) is 4.39. The molecule has 1 N–H and O–H groups in total. The lowest BCUT2D eigenvalue weighted by atomic mass is 9.97. The number of nitrogens with zero attached hydrogens (tertiary/aromatic N) is 5. The van der Waals surface area contributed by atoms with Gasteiger partial charge in [-0.05, 0) is 37.1 Å². The number of fused-ring (bicyclic) bond motifs is 1. The van der Waals surface area contributed by atoms with Crippen LogP contribution in [0.5, 0.6) is 5.75 Å². The second-order valence-corrected chi connectivity index (χ2v) is 9.43. The van der Waals surface area contributed by atoms with E-state index in [1.54, 1.807) is 18.4 Å². The number of hydrogen-bond donors (Lipinski definition) is 1. The van der Waals surface area contributed by atoms with Crippen molar-refractivity contribution in [3.8, 4) is 17.0 Å². The molecule has 4 heterocycles. The van der Waals surface area contributed by atoms with Gasteiger partial charge in [-0.15, -0.1) is 5.10 Å². The maximum atomic E-state index is 12.8. The predicted octanol–water partition coefficient (Wildman–Crippen LogP) is 2.13. The third kappa shape index (κ3) is 5.13. The number of amides is 1. The van der Waals surface area contributed by atoms with Crippen LogP contribution in [0.15, 0.2) is 30.5 Å². The predicted molar refractivity (Wildman–Crippen MR) is 128 cm³/mol. The average Bonchev–Trinajstić information content (AvgIpc) is 3.45. The summed E-state index contributed by atoms with van der Waals surface area (Å²) < 4.78 is 12.4. The normalized spacial score (nSPS) is 19.7. The first-order valence-corrected chi connectivity index (χ1v) is 12.3. The average molecular weight is 471 g/mol. The van der Waals surface area contributed by atoms with Crippen LogP contribution in [0.1, 0.15) is 12.8 Å². The first-order valence-electron chi connectivity index (χ1n) is 11.5. The summed E-state index contributed by atoms with van der Waals surface area (Å²) in [5, 5.41) is 8.81. The van der Waals surface area contributed by atoms with Crippen LogP contribution in [-0.2, 0) is 9.53 Å². The zero-order valence-corrected chi connectivity index (χ0v) is 19.7. The lowest BCUT2D eigenvalue weighted by Crippen LogP contribution is -2.46. The molecule has 10 heteroatoms. The van der Waals surface area contributed by atoms with Gasteiger partial charge in [-0.25, -0.2) is 9.50 Å². The number of methoxy groups -OCH3 is 1. The van der Waals surface area contributed by atoms with Crippen molar-refractivity contribution in [2.24, 2.45) is 5.92 Å². The number of morpholine rings is 1. The van der Waals surface area contributed by atoms with Gasteiger partial charge in [0.2, 0.25) is 16.0 Å². The molecule has 9 nitrogen and oxygen atoms in total. The molecule has 0 radical (unpaired) electrons. The molecule has 2 saturated heterocycles. The highest BCUT2D eigenvalue weighted by Gasteiger charge is 2.28. The van der Waals surface area contributed by atoms with Gasteiger partial charge in [0.15, 0.2) is 0 Å². The van der Waals surface area contributed by atoms with E-state index in [4.69, 9.17) is 19.6 Å². The molecular weight excluding hydrogens is 440 g/mol. The van der Waals surface area contributed by atoms with Crippen molar-refractivity contribution in [3.05, 3.63) is 30.5 Å². The van der Waals surface area contributed by atoms with Gasteiger partial charge >= 0.3 is 0 Å². The van der Waals surface area contributed by atoms with Crippen molar-refractivity contribution in [2.45, 2.75) is 12.8 Å². The number of benzene rings is 1. The highest BCUT2D eigenvalue weighted by Crippen LogP contribution is 2.30. The Morgan fingerprint density at radius 2 is 2.06 bits per heavy atom. The van der Waals surface area contributed by atoms with Crippen LogP contribution in [0.25, 0.3) is 16.2 Å². The molecule has 2 fully saturated rings. The van der Waals surface area contributed by atoms with Gasteiger partial charge < -0.3 is 19.7 Å². The Kier molecular flexibility index (Phi) is 6.75. The Labute approximate surface area is 197 Å². The lowest BCUT2D eigenvalue weighted by Gasteiger charge is -2.32. The third-order valence-corrected chi connectivity index (χ3v) is 7.30. The van der Waals surface area contributed by atoms with E-state index in [0.29, 0.717) is 13.1 Å². The molecule has 1 aromatic carbocycles. The number of nitrogens with one attached hydrogen (secondary N) is 1. The number of carbonyl (C=O) groups is 1. The van der Waals surface area contributed by atoms with E-state index in [2.05, 4.69) is 15.1 Å². The number of hydrogen-bond acceptors (Lipinski definition) is 8. The number of anilines is 1. The summed E-state index contributed by atoms with van der Waals surface area (Å²) in [6.45, 7) is 6.64. The van der Waals surface area contributed by atoms with E-state index in [1.807, 2.05) is 35.0 Å². The fourth-order valence-corrected chi connectivity index (χ4v) is 5.31. The second kappa shape index (κ2) is 10.1. The number of carbonyl (C=O) groups excluding carboxylic acids is 1. The number of imidazole rings is 1. The van der Waals surface area contributed by atoms with E-state index in [9.17, 15) is 4.79 Å². The Hall–Kier alpha value is -2.69. The van der Waals surface area contributed by atoms with Crippen molar-refractivity contribution < 1.29 is 14.3 Å². The van der Waals surface area contributed by atoms with E-state index >= 15 is 0 Å². The SMILES string of the molecule is COc1ccc(-c2cn3nc(N4CCC[C@@H](C(=O)NCCN5CCOCC5)C4)sc3n2)cc1. The molecule has 1 atom stereocenters. The fraction of sp³-hybridized carbons (Fsp3) is 0.522. The largest absolute Gasteiger partial charge is 0.497 e. The number of rotatable bonds is 7. The van der Waals surface area contributed by atoms with Crippen LogP contribution >= 0.6 is 11.3 Å². The van der Waals surface area contributed by atoms with Crippen molar-refractivity contribution >= 4 is 27.3 Å². The van der Waals surface area contributed by atoms with Gasteiger partial charge in [0.25, 0.3) is 0 Å². The zero-order chi connectivity index (χ0) is 22.6. The summed E-state index contributed by atoms with van der Waals surface area (Å²) in [7, 11) is 1.66. The van der Waals surface area contributed by atoms with Crippen LogP contribution in [0, 0.1) is 5.92 Å². The molecule has 0 saturated carbocycles. The molecule has 0 bridgehead atoms. The Bertz CT molecular complexity index is 1040. The molecular formula is C23H30N6O3S. The maximum Gasteiger partial charge on any atom is 0.224 e. The van der Waals surface area contributed by atoms with Crippen LogP contribution in [0.2, 0.25) is 0 Å². The summed E-state index contributed by atoms with van der Waals surface area (Å²) in [5.74, 6) is 0.968. The van der Waals surface area contributed by atoms with Crippen LogP contribution in [0.4, 0.5) is 5.13 Å². The monoisotopic (exact) mass is 470 g/mol. The van der Waals surface area contributed by atoms with Gasteiger partial charge in [-0.3, -0.25) is 9.69 Å². The number of piperidine rings is 1. The van der Waals surface area contributed by atoms with Crippen molar-refractivity contribution in [3.63, 3.8) is 0 Å². The van der Waals surface area contributed by atoms with E-state index < -0.39 is 0 Å². The van der Waals surface area contributed by atoms with Crippen LogP contribution in [0.3, 0.4) is 0 Å². The Morgan fingerprint density at radius 3 is 2.82 bits per heavy atom.